The Morgan fingerprint density at radius 2 is 1.89 bits per heavy atom. The molecule has 2 aliphatic rings. The van der Waals surface area contributed by atoms with Crippen molar-refractivity contribution in [1.82, 2.24) is 9.88 Å². The molecule has 37 heavy (non-hydrogen) atoms. The van der Waals surface area contributed by atoms with Gasteiger partial charge in [0, 0.05) is 25.3 Å². The monoisotopic (exact) mass is 517 g/mol. The summed E-state index contributed by atoms with van der Waals surface area (Å²) in [7, 11) is 0. The van der Waals surface area contributed by atoms with E-state index in [9.17, 15) is 18.0 Å². The molecule has 0 atom stereocenters. The molecular formula is C28H34F3N3O3. The molecule has 0 spiro atoms. The summed E-state index contributed by atoms with van der Waals surface area (Å²) in [6, 6.07) is 8.32. The third-order valence-electron chi connectivity index (χ3n) is 7.38. The van der Waals surface area contributed by atoms with Crippen molar-refractivity contribution in [2.45, 2.75) is 77.6 Å². The summed E-state index contributed by atoms with van der Waals surface area (Å²) in [6.07, 6.45) is 0.932. The van der Waals surface area contributed by atoms with Gasteiger partial charge in [0.1, 0.15) is 12.3 Å². The minimum atomic E-state index is -4.41. The molecule has 1 saturated heterocycles. The van der Waals surface area contributed by atoms with E-state index in [-0.39, 0.29) is 18.4 Å². The highest BCUT2D eigenvalue weighted by molar-refractivity contribution is 5.96. The fraction of sp³-hybridized carbons (Fsp3) is 0.536. The maximum absolute atomic E-state index is 13.8. The van der Waals surface area contributed by atoms with Gasteiger partial charge in [-0.15, -0.1) is 0 Å². The van der Waals surface area contributed by atoms with Crippen molar-refractivity contribution in [1.29, 1.82) is 0 Å². The lowest BCUT2D eigenvalue weighted by Gasteiger charge is -2.36. The quantitative estimate of drug-likeness (QED) is 0.318. The molecule has 1 aliphatic carbocycles. The molecule has 2 fully saturated rings. The molecule has 9 heteroatoms. The Balaban J connectivity index is 1.40. The van der Waals surface area contributed by atoms with Crippen LogP contribution in [-0.4, -0.2) is 39.8 Å². The topological polar surface area (TPSA) is 75.0 Å². The second-order valence-electron chi connectivity index (χ2n) is 10.1. The predicted molar refractivity (Wildman–Crippen MR) is 134 cm³/mol. The van der Waals surface area contributed by atoms with Crippen molar-refractivity contribution in [3.05, 3.63) is 64.0 Å². The number of likely N-dealkylation sites (tertiary alicyclic amines) is 1. The van der Waals surface area contributed by atoms with E-state index >= 15 is 0 Å². The number of carbonyl (C=O) groups is 1. The second kappa shape index (κ2) is 11.6. The number of aromatic nitrogens is 1. The third-order valence-corrected chi connectivity index (χ3v) is 7.38. The minimum Gasteiger partial charge on any atom is -0.481 e. The Labute approximate surface area is 215 Å². The molecule has 0 unspecified atom stereocenters. The van der Waals surface area contributed by atoms with Gasteiger partial charge in [-0.25, -0.2) is 0 Å². The lowest BCUT2D eigenvalue weighted by atomic mass is 9.81. The fourth-order valence-electron chi connectivity index (χ4n) is 5.24. The Hall–Kier alpha value is -2.94. The molecule has 0 amide bonds. The van der Waals surface area contributed by atoms with Gasteiger partial charge in [0.25, 0.3) is 0 Å². The van der Waals surface area contributed by atoms with Crippen molar-refractivity contribution >= 4 is 11.7 Å². The minimum absolute atomic E-state index is 0.0397. The number of benzene rings is 1. The molecule has 1 aromatic carbocycles. The lowest BCUT2D eigenvalue weighted by Crippen LogP contribution is -2.49. The molecule has 2 heterocycles. The number of oxime groups is 1. The highest BCUT2D eigenvalue weighted by Gasteiger charge is 2.36. The molecule has 1 aliphatic heterocycles. The molecule has 1 N–H and O–H groups in total. The Morgan fingerprint density at radius 1 is 1.16 bits per heavy atom. The third kappa shape index (κ3) is 6.69. The summed E-state index contributed by atoms with van der Waals surface area (Å²) in [5.74, 6) is -1.11. The van der Waals surface area contributed by atoms with Crippen molar-refractivity contribution in [2.24, 2.45) is 11.1 Å². The van der Waals surface area contributed by atoms with Crippen LogP contribution in [0.15, 0.2) is 35.5 Å². The first-order valence-electron chi connectivity index (χ1n) is 13.0. The van der Waals surface area contributed by atoms with Gasteiger partial charge in [0.2, 0.25) is 0 Å². The number of alkyl halides is 3. The zero-order chi connectivity index (χ0) is 26.6. The van der Waals surface area contributed by atoms with E-state index in [2.05, 4.69) is 15.0 Å². The van der Waals surface area contributed by atoms with Gasteiger partial charge in [0.05, 0.1) is 17.2 Å². The Bertz CT molecular complexity index is 1140. The average Bonchev–Trinajstić information content (AvgIpc) is 2.85. The predicted octanol–water partition coefficient (Wildman–Crippen LogP) is 6.17. The first kappa shape index (κ1) is 27.1. The normalized spacial score (nSPS) is 18.0. The van der Waals surface area contributed by atoms with E-state index in [4.69, 9.17) is 9.94 Å². The summed E-state index contributed by atoms with van der Waals surface area (Å²) < 4.78 is 41.4. The molecule has 6 nitrogen and oxygen atoms in total. The Kier molecular flexibility index (Phi) is 8.52. The number of carboxylic acids is 1. The SMILES string of the molecule is CCc1nc(C(C)=NOCc2ccc(C3CCCCC3)c(C(F)(F)F)c2)ccc1CN1CC(C(=O)O)C1. The van der Waals surface area contributed by atoms with Gasteiger partial charge < -0.3 is 9.94 Å². The number of carboxylic acid groups (broad SMARTS) is 1. The van der Waals surface area contributed by atoms with Crippen LogP contribution in [0.25, 0.3) is 0 Å². The van der Waals surface area contributed by atoms with Crippen LogP contribution in [0.5, 0.6) is 0 Å². The average molecular weight is 518 g/mol. The molecule has 1 aromatic heterocycles. The van der Waals surface area contributed by atoms with E-state index in [1.165, 1.54) is 6.07 Å². The lowest BCUT2D eigenvalue weighted by molar-refractivity contribution is -0.147. The van der Waals surface area contributed by atoms with Crippen LogP contribution < -0.4 is 0 Å². The molecule has 4 rings (SSSR count). The number of aliphatic carboxylic acids is 1. The summed E-state index contributed by atoms with van der Waals surface area (Å²) in [5.41, 5.74) is 3.37. The van der Waals surface area contributed by atoms with Crippen molar-refractivity contribution in [3.63, 3.8) is 0 Å². The molecule has 2 aromatic rings. The van der Waals surface area contributed by atoms with E-state index in [0.29, 0.717) is 48.6 Å². The smallest absolute Gasteiger partial charge is 0.416 e. The van der Waals surface area contributed by atoms with Gasteiger partial charge in [-0.3, -0.25) is 14.7 Å². The van der Waals surface area contributed by atoms with Crippen molar-refractivity contribution in [2.75, 3.05) is 13.1 Å². The maximum atomic E-state index is 13.8. The largest absolute Gasteiger partial charge is 0.481 e. The highest BCUT2D eigenvalue weighted by Crippen LogP contribution is 2.41. The number of hydrogen-bond acceptors (Lipinski definition) is 5. The van der Waals surface area contributed by atoms with E-state index in [1.807, 2.05) is 19.1 Å². The number of pyridine rings is 1. The van der Waals surface area contributed by atoms with Crippen molar-refractivity contribution in [3.8, 4) is 0 Å². The first-order valence-corrected chi connectivity index (χ1v) is 13.0. The summed E-state index contributed by atoms with van der Waals surface area (Å²) in [5, 5.41) is 13.2. The second-order valence-corrected chi connectivity index (χ2v) is 10.1. The first-order chi connectivity index (χ1) is 17.7. The molecule has 200 valence electrons. The van der Waals surface area contributed by atoms with E-state index in [0.717, 1.165) is 43.4 Å². The summed E-state index contributed by atoms with van der Waals surface area (Å²) in [6.45, 7) is 5.40. The van der Waals surface area contributed by atoms with Crippen LogP contribution in [0.1, 0.15) is 85.5 Å². The van der Waals surface area contributed by atoms with Crippen LogP contribution in [0.2, 0.25) is 0 Å². The van der Waals surface area contributed by atoms with Gasteiger partial charge in [-0.05, 0) is 60.9 Å². The fourth-order valence-corrected chi connectivity index (χ4v) is 5.24. The maximum Gasteiger partial charge on any atom is 0.416 e. The molecule has 0 bridgehead atoms. The zero-order valence-corrected chi connectivity index (χ0v) is 21.4. The highest BCUT2D eigenvalue weighted by atomic mass is 19.4. The van der Waals surface area contributed by atoms with E-state index < -0.39 is 17.7 Å². The van der Waals surface area contributed by atoms with Crippen LogP contribution in [-0.2, 0) is 35.4 Å². The number of nitrogens with zero attached hydrogens (tertiary/aromatic N) is 3. The number of rotatable bonds is 9. The van der Waals surface area contributed by atoms with Crippen LogP contribution >= 0.6 is 0 Å². The van der Waals surface area contributed by atoms with Gasteiger partial charge in [0.15, 0.2) is 0 Å². The Morgan fingerprint density at radius 3 is 2.54 bits per heavy atom. The number of aryl methyl sites for hydroxylation is 1. The van der Waals surface area contributed by atoms with Gasteiger partial charge >= 0.3 is 12.1 Å². The molecule has 0 radical (unpaired) electrons. The summed E-state index contributed by atoms with van der Waals surface area (Å²) >= 11 is 0. The zero-order valence-electron chi connectivity index (χ0n) is 21.4. The standard InChI is InChI=1S/C28H34F3N3O3/c1-3-25-21(14-34-15-22(16-34)27(35)36)10-12-26(32-25)18(2)33-37-17-19-9-11-23(20-7-5-4-6-8-20)24(13-19)28(29,30)31/h9-13,20,22H,3-8,14-17H2,1-2H3,(H,35,36). The van der Waals surface area contributed by atoms with Crippen LogP contribution in [0.4, 0.5) is 13.2 Å². The van der Waals surface area contributed by atoms with Gasteiger partial charge in [-0.1, -0.05) is 49.5 Å². The van der Waals surface area contributed by atoms with Crippen LogP contribution in [0.3, 0.4) is 0 Å². The van der Waals surface area contributed by atoms with E-state index in [1.54, 1.807) is 19.1 Å². The van der Waals surface area contributed by atoms with Gasteiger partial charge in [-0.2, -0.15) is 13.2 Å². The summed E-state index contributed by atoms with van der Waals surface area (Å²) in [4.78, 5) is 23.2. The number of hydrogen-bond donors (Lipinski definition) is 1. The number of halogens is 3. The molecular weight excluding hydrogens is 483 g/mol. The van der Waals surface area contributed by atoms with Crippen molar-refractivity contribution < 1.29 is 27.9 Å². The van der Waals surface area contributed by atoms with Crippen LogP contribution in [0, 0.1) is 5.92 Å². The molecule has 1 saturated carbocycles.